The van der Waals surface area contributed by atoms with E-state index in [-0.39, 0.29) is 29.4 Å². The lowest BCUT2D eigenvalue weighted by Gasteiger charge is -2.13. The third-order valence-electron chi connectivity index (χ3n) is 4.38. The van der Waals surface area contributed by atoms with Crippen LogP contribution in [0.2, 0.25) is 0 Å². The normalized spacial score (nSPS) is 11.7. The number of carbonyl (C=O) groups is 2. The van der Waals surface area contributed by atoms with Crippen LogP contribution in [0.1, 0.15) is 34.7 Å². The van der Waals surface area contributed by atoms with E-state index < -0.39 is 0 Å². The zero-order chi connectivity index (χ0) is 21.7. The number of hydrogen-bond donors (Lipinski definition) is 2. The first-order valence-electron chi connectivity index (χ1n) is 9.28. The molecule has 0 saturated heterocycles. The van der Waals surface area contributed by atoms with Crippen molar-refractivity contribution in [3.8, 4) is 0 Å². The summed E-state index contributed by atoms with van der Waals surface area (Å²) in [5, 5.41) is 14.4. The van der Waals surface area contributed by atoms with E-state index in [0.717, 1.165) is 5.56 Å². The fourth-order valence-corrected chi connectivity index (χ4v) is 3.46. The van der Waals surface area contributed by atoms with Gasteiger partial charge >= 0.3 is 0 Å². The SMILES string of the molecule is Cc1ccc(C(=O)N[C@@H](C)c2nnc(SCC(=O)Nc3ccc(F)cc3)n2C)cc1. The minimum atomic E-state index is -0.363. The maximum atomic E-state index is 12.9. The summed E-state index contributed by atoms with van der Waals surface area (Å²) >= 11 is 1.22. The molecule has 3 rings (SSSR count). The number of carbonyl (C=O) groups excluding carboxylic acids is 2. The van der Waals surface area contributed by atoms with Gasteiger partial charge in [-0.05, 0) is 50.2 Å². The van der Waals surface area contributed by atoms with E-state index in [0.29, 0.717) is 22.2 Å². The number of benzene rings is 2. The first-order chi connectivity index (χ1) is 14.3. The Balaban J connectivity index is 1.56. The Morgan fingerprint density at radius 1 is 1.10 bits per heavy atom. The lowest BCUT2D eigenvalue weighted by Crippen LogP contribution is -2.28. The Kier molecular flexibility index (Phi) is 6.83. The van der Waals surface area contributed by atoms with E-state index in [4.69, 9.17) is 0 Å². The van der Waals surface area contributed by atoms with Crippen LogP contribution < -0.4 is 10.6 Å². The van der Waals surface area contributed by atoms with Crippen LogP contribution in [-0.4, -0.2) is 32.3 Å². The molecule has 7 nitrogen and oxygen atoms in total. The molecule has 2 amide bonds. The molecule has 9 heteroatoms. The zero-order valence-corrected chi connectivity index (χ0v) is 17.7. The van der Waals surface area contributed by atoms with Crippen molar-refractivity contribution < 1.29 is 14.0 Å². The summed E-state index contributed by atoms with van der Waals surface area (Å²) in [7, 11) is 1.78. The van der Waals surface area contributed by atoms with E-state index >= 15 is 0 Å². The van der Waals surface area contributed by atoms with Crippen molar-refractivity contribution >= 4 is 29.3 Å². The molecule has 0 aliphatic heterocycles. The van der Waals surface area contributed by atoms with Crippen LogP contribution in [0.4, 0.5) is 10.1 Å². The number of rotatable bonds is 7. The molecule has 0 fully saturated rings. The molecule has 1 heterocycles. The van der Waals surface area contributed by atoms with Crippen molar-refractivity contribution in [2.75, 3.05) is 11.1 Å². The largest absolute Gasteiger partial charge is 0.342 e. The Morgan fingerprint density at radius 2 is 1.77 bits per heavy atom. The van der Waals surface area contributed by atoms with Crippen molar-refractivity contribution in [3.05, 3.63) is 71.3 Å². The van der Waals surface area contributed by atoms with Crippen molar-refractivity contribution in [3.63, 3.8) is 0 Å². The molecule has 0 unspecified atom stereocenters. The molecule has 0 aliphatic carbocycles. The second kappa shape index (κ2) is 9.53. The van der Waals surface area contributed by atoms with Crippen molar-refractivity contribution in [2.24, 2.45) is 7.05 Å². The highest BCUT2D eigenvalue weighted by atomic mass is 32.2. The molecule has 0 spiro atoms. The molecule has 30 heavy (non-hydrogen) atoms. The average molecular weight is 428 g/mol. The maximum absolute atomic E-state index is 12.9. The van der Waals surface area contributed by atoms with E-state index in [9.17, 15) is 14.0 Å². The molecule has 0 aliphatic rings. The summed E-state index contributed by atoms with van der Waals surface area (Å²) in [4.78, 5) is 24.5. The number of halogens is 1. The summed E-state index contributed by atoms with van der Waals surface area (Å²) in [5.74, 6) is -0.0993. The van der Waals surface area contributed by atoms with E-state index in [2.05, 4.69) is 20.8 Å². The zero-order valence-electron chi connectivity index (χ0n) is 16.8. The number of aryl methyl sites for hydroxylation is 1. The second-order valence-electron chi connectivity index (χ2n) is 6.80. The Bertz CT molecular complexity index is 1030. The van der Waals surface area contributed by atoms with Gasteiger partial charge in [-0.15, -0.1) is 10.2 Å². The van der Waals surface area contributed by atoms with Gasteiger partial charge in [0.05, 0.1) is 11.8 Å². The first-order valence-corrected chi connectivity index (χ1v) is 10.3. The third kappa shape index (κ3) is 5.44. The molecule has 1 aromatic heterocycles. The molecular formula is C21H22FN5O2S. The van der Waals surface area contributed by atoms with Gasteiger partial charge in [0.25, 0.3) is 5.91 Å². The molecule has 0 bridgehead atoms. The summed E-state index contributed by atoms with van der Waals surface area (Å²) in [6.07, 6.45) is 0. The van der Waals surface area contributed by atoms with E-state index in [1.807, 2.05) is 26.0 Å². The van der Waals surface area contributed by atoms with E-state index in [1.54, 1.807) is 23.7 Å². The minimum Gasteiger partial charge on any atom is -0.342 e. The summed E-state index contributed by atoms with van der Waals surface area (Å²) in [5.41, 5.74) is 2.17. The van der Waals surface area contributed by atoms with Crippen LogP contribution in [0.15, 0.2) is 53.7 Å². The molecule has 156 valence electrons. The monoisotopic (exact) mass is 427 g/mol. The molecule has 2 aromatic carbocycles. The van der Waals surface area contributed by atoms with E-state index in [1.165, 1.54) is 36.0 Å². The highest BCUT2D eigenvalue weighted by Crippen LogP contribution is 2.20. The Morgan fingerprint density at radius 3 is 2.43 bits per heavy atom. The van der Waals surface area contributed by atoms with Crippen LogP contribution in [0.3, 0.4) is 0 Å². The number of thioether (sulfide) groups is 1. The van der Waals surface area contributed by atoms with Gasteiger partial charge in [0.15, 0.2) is 11.0 Å². The van der Waals surface area contributed by atoms with Gasteiger partial charge in [0.1, 0.15) is 5.82 Å². The first kappa shape index (κ1) is 21.5. The van der Waals surface area contributed by atoms with Crippen molar-refractivity contribution in [2.45, 2.75) is 25.0 Å². The predicted octanol–water partition coefficient (Wildman–Crippen LogP) is 3.48. The average Bonchev–Trinajstić information content (AvgIpc) is 3.09. The van der Waals surface area contributed by atoms with Gasteiger partial charge in [-0.25, -0.2) is 4.39 Å². The molecule has 2 N–H and O–H groups in total. The quantitative estimate of drug-likeness (QED) is 0.564. The standard InChI is InChI=1S/C21H22FN5O2S/c1-13-4-6-15(7-5-13)20(29)23-14(2)19-25-26-21(27(19)3)30-12-18(28)24-17-10-8-16(22)9-11-17/h4-11,14H,12H2,1-3H3,(H,23,29)(H,24,28)/t14-/m0/s1. The fraction of sp³-hybridized carbons (Fsp3) is 0.238. The van der Waals surface area contributed by atoms with Gasteiger partial charge in [0.2, 0.25) is 5.91 Å². The topological polar surface area (TPSA) is 88.9 Å². The maximum Gasteiger partial charge on any atom is 0.251 e. The van der Waals surface area contributed by atoms with Gasteiger partial charge in [-0.3, -0.25) is 9.59 Å². The number of anilines is 1. The highest BCUT2D eigenvalue weighted by molar-refractivity contribution is 7.99. The Labute approximate surface area is 178 Å². The predicted molar refractivity (Wildman–Crippen MR) is 114 cm³/mol. The summed E-state index contributed by atoms with van der Waals surface area (Å²) in [6.45, 7) is 3.79. The number of aromatic nitrogens is 3. The number of amides is 2. The van der Waals surface area contributed by atoms with Gasteiger partial charge in [-0.1, -0.05) is 29.5 Å². The van der Waals surface area contributed by atoms with Gasteiger partial charge in [0, 0.05) is 18.3 Å². The van der Waals surface area contributed by atoms with Gasteiger partial charge < -0.3 is 15.2 Å². The highest BCUT2D eigenvalue weighted by Gasteiger charge is 2.19. The molecular weight excluding hydrogens is 405 g/mol. The van der Waals surface area contributed by atoms with Crippen LogP contribution in [0.25, 0.3) is 0 Å². The van der Waals surface area contributed by atoms with Crippen LogP contribution >= 0.6 is 11.8 Å². The fourth-order valence-electron chi connectivity index (χ4n) is 2.74. The van der Waals surface area contributed by atoms with Crippen molar-refractivity contribution in [1.82, 2.24) is 20.1 Å². The van der Waals surface area contributed by atoms with Crippen LogP contribution in [0, 0.1) is 12.7 Å². The lowest BCUT2D eigenvalue weighted by molar-refractivity contribution is -0.113. The number of hydrogen-bond acceptors (Lipinski definition) is 5. The minimum absolute atomic E-state index is 0.119. The summed E-state index contributed by atoms with van der Waals surface area (Å²) in [6, 6.07) is 12.5. The van der Waals surface area contributed by atoms with Crippen molar-refractivity contribution in [1.29, 1.82) is 0 Å². The lowest BCUT2D eigenvalue weighted by atomic mass is 10.1. The summed E-state index contributed by atoms with van der Waals surface area (Å²) < 4.78 is 14.7. The van der Waals surface area contributed by atoms with Gasteiger partial charge in [-0.2, -0.15) is 0 Å². The third-order valence-corrected chi connectivity index (χ3v) is 5.40. The number of nitrogens with one attached hydrogen (secondary N) is 2. The molecule has 3 aromatic rings. The molecule has 1 atom stereocenters. The second-order valence-corrected chi connectivity index (χ2v) is 7.75. The Hall–Kier alpha value is -3.20. The smallest absolute Gasteiger partial charge is 0.251 e. The van der Waals surface area contributed by atoms with Crippen LogP contribution in [0.5, 0.6) is 0 Å². The molecule has 0 saturated carbocycles. The number of nitrogens with zero attached hydrogens (tertiary/aromatic N) is 3. The molecule has 0 radical (unpaired) electrons. The van der Waals surface area contributed by atoms with Crippen LogP contribution in [-0.2, 0) is 11.8 Å².